The summed E-state index contributed by atoms with van der Waals surface area (Å²) in [6.07, 6.45) is 2.76. The fourth-order valence-electron chi connectivity index (χ4n) is 4.27. The van der Waals surface area contributed by atoms with E-state index in [0.29, 0.717) is 12.8 Å². The maximum absolute atomic E-state index is 13.7. The van der Waals surface area contributed by atoms with E-state index in [9.17, 15) is 13.2 Å². The second kappa shape index (κ2) is 7.49. The molecule has 1 heterocycles. The number of sulfonamides is 1. The molecule has 1 aliphatic carbocycles. The smallest absolute Gasteiger partial charge is 0.270 e. The van der Waals surface area contributed by atoms with E-state index >= 15 is 0 Å². The van der Waals surface area contributed by atoms with Crippen LogP contribution in [-0.4, -0.2) is 27.8 Å². The van der Waals surface area contributed by atoms with Gasteiger partial charge in [-0.2, -0.15) is 0 Å². The van der Waals surface area contributed by atoms with Gasteiger partial charge in [0.15, 0.2) is 0 Å². The van der Waals surface area contributed by atoms with Crippen LogP contribution in [0.25, 0.3) is 0 Å². The number of aryl methyl sites for hydroxylation is 1. The summed E-state index contributed by atoms with van der Waals surface area (Å²) < 4.78 is 26.6. The number of hydrogen-bond donors (Lipinski definition) is 0. The Morgan fingerprint density at radius 2 is 1.69 bits per heavy atom. The summed E-state index contributed by atoms with van der Waals surface area (Å²) in [5.74, 6) is -1.25. The SMILES string of the molecule is Cc1ccc(S(=O)(=O)N2C(=O)C(Cl)(Cl)[C@H]3CCCC[C@]32Sc2ccccc2)cc1. The number of amides is 1. The third kappa shape index (κ3) is 3.38. The van der Waals surface area contributed by atoms with Crippen molar-refractivity contribution in [1.82, 2.24) is 4.31 Å². The largest absolute Gasteiger partial charge is 0.274 e. The van der Waals surface area contributed by atoms with Crippen molar-refractivity contribution in [3.8, 4) is 0 Å². The molecule has 2 aliphatic rings. The fraction of sp³-hybridized carbons (Fsp3) is 0.381. The molecule has 4 rings (SSSR count). The zero-order chi connectivity index (χ0) is 20.9. The lowest BCUT2D eigenvalue weighted by Crippen LogP contribution is -2.50. The molecule has 0 aromatic heterocycles. The number of benzene rings is 2. The van der Waals surface area contributed by atoms with Gasteiger partial charge in [-0.3, -0.25) is 4.79 Å². The second-order valence-electron chi connectivity index (χ2n) is 7.57. The number of fused-ring (bicyclic) bond motifs is 1. The van der Waals surface area contributed by atoms with E-state index in [1.54, 1.807) is 12.1 Å². The minimum absolute atomic E-state index is 0.0693. The highest BCUT2D eigenvalue weighted by Gasteiger charge is 2.70. The van der Waals surface area contributed by atoms with Gasteiger partial charge in [0, 0.05) is 10.8 Å². The van der Waals surface area contributed by atoms with Gasteiger partial charge < -0.3 is 0 Å². The molecule has 1 amide bonds. The highest BCUT2D eigenvalue weighted by atomic mass is 35.5. The molecule has 0 bridgehead atoms. The summed E-state index contributed by atoms with van der Waals surface area (Å²) in [7, 11) is -4.13. The van der Waals surface area contributed by atoms with Crippen LogP contribution in [0.5, 0.6) is 0 Å². The molecule has 2 aromatic carbocycles. The number of carbonyl (C=O) groups excluding carboxylic acids is 1. The van der Waals surface area contributed by atoms with Gasteiger partial charge in [0.2, 0.25) is 4.33 Å². The predicted octanol–water partition coefficient (Wildman–Crippen LogP) is 5.38. The van der Waals surface area contributed by atoms with Gasteiger partial charge in [-0.05, 0) is 44.0 Å². The molecule has 29 heavy (non-hydrogen) atoms. The number of nitrogens with zero attached hydrogens (tertiary/aromatic N) is 1. The molecular weight excluding hydrogens is 449 g/mol. The molecule has 0 N–H and O–H groups in total. The van der Waals surface area contributed by atoms with Crippen LogP contribution in [0, 0.1) is 12.8 Å². The third-order valence-corrected chi connectivity index (χ3v) is 10.0. The molecule has 8 heteroatoms. The number of thioether (sulfide) groups is 1. The number of halogens is 2. The Morgan fingerprint density at radius 1 is 1.03 bits per heavy atom. The van der Waals surface area contributed by atoms with E-state index in [-0.39, 0.29) is 4.90 Å². The monoisotopic (exact) mass is 469 g/mol. The van der Waals surface area contributed by atoms with Crippen LogP contribution in [0.3, 0.4) is 0 Å². The fourth-order valence-corrected chi connectivity index (χ4v) is 8.89. The summed E-state index contributed by atoms with van der Waals surface area (Å²) in [6, 6.07) is 16.0. The molecule has 0 unspecified atom stereocenters. The maximum atomic E-state index is 13.7. The van der Waals surface area contributed by atoms with E-state index in [1.807, 2.05) is 37.3 Å². The first-order chi connectivity index (χ1) is 13.7. The minimum Gasteiger partial charge on any atom is -0.270 e. The lowest BCUT2D eigenvalue weighted by Gasteiger charge is -2.43. The predicted molar refractivity (Wildman–Crippen MR) is 117 cm³/mol. The maximum Gasteiger partial charge on any atom is 0.274 e. The number of hydrogen-bond acceptors (Lipinski definition) is 4. The third-order valence-electron chi connectivity index (χ3n) is 5.67. The molecule has 1 saturated heterocycles. The molecule has 2 atom stereocenters. The summed E-state index contributed by atoms with van der Waals surface area (Å²) in [5.41, 5.74) is 0.935. The van der Waals surface area contributed by atoms with Gasteiger partial charge in [-0.25, -0.2) is 12.7 Å². The standard InChI is InChI=1S/C21H21Cl2NO3S2/c1-15-10-12-17(13-11-15)29(26,27)24-19(25)21(22,23)18-9-5-6-14-20(18,24)28-16-7-3-2-4-8-16/h2-4,7-8,10-13,18H,5-6,9,14H2,1H3/t18-,20-/m0/s1. The van der Waals surface area contributed by atoms with Crippen LogP contribution < -0.4 is 0 Å². The van der Waals surface area contributed by atoms with Crippen molar-refractivity contribution in [3.63, 3.8) is 0 Å². The highest BCUT2D eigenvalue weighted by Crippen LogP contribution is 2.62. The molecule has 4 nitrogen and oxygen atoms in total. The number of rotatable bonds is 4. The molecule has 1 saturated carbocycles. The lowest BCUT2D eigenvalue weighted by atomic mass is 9.84. The van der Waals surface area contributed by atoms with Crippen LogP contribution in [0.2, 0.25) is 0 Å². The molecule has 2 aromatic rings. The number of carbonyl (C=O) groups is 1. The van der Waals surface area contributed by atoms with Crippen molar-refractivity contribution in [2.45, 2.75) is 51.6 Å². The van der Waals surface area contributed by atoms with Crippen molar-refractivity contribution in [2.24, 2.45) is 5.92 Å². The van der Waals surface area contributed by atoms with Gasteiger partial charge >= 0.3 is 0 Å². The Labute approximate surface area is 185 Å². The van der Waals surface area contributed by atoms with E-state index < -0.39 is 31.1 Å². The van der Waals surface area contributed by atoms with Crippen molar-refractivity contribution in [3.05, 3.63) is 60.2 Å². The van der Waals surface area contributed by atoms with E-state index in [1.165, 1.54) is 23.9 Å². The van der Waals surface area contributed by atoms with Gasteiger partial charge in [-0.15, -0.1) is 0 Å². The van der Waals surface area contributed by atoms with Crippen LogP contribution in [-0.2, 0) is 14.8 Å². The Bertz CT molecular complexity index is 1030. The first-order valence-electron chi connectivity index (χ1n) is 9.48. The normalized spacial score (nSPS) is 26.4. The van der Waals surface area contributed by atoms with Crippen molar-refractivity contribution >= 4 is 50.9 Å². The number of alkyl halides is 2. The van der Waals surface area contributed by atoms with Gasteiger partial charge in [0.1, 0.15) is 4.87 Å². The van der Waals surface area contributed by atoms with Crippen molar-refractivity contribution < 1.29 is 13.2 Å². The van der Waals surface area contributed by atoms with Crippen LogP contribution >= 0.6 is 35.0 Å². The summed E-state index contributed by atoms with van der Waals surface area (Å²) in [4.78, 5) is 13.2. The Kier molecular flexibility index (Phi) is 5.43. The minimum atomic E-state index is -4.13. The zero-order valence-electron chi connectivity index (χ0n) is 15.8. The van der Waals surface area contributed by atoms with Gasteiger partial charge in [0.05, 0.1) is 4.90 Å². The Balaban J connectivity index is 1.89. The van der Waals surface area contributed by atoms with Gasteiger partial charge in [0.25, 0.3) is 15.9 Å². The summed E-state index contributed by atoms with van der Waals surface area (Å²) in [5, 5.41) is 0. The molecule has 0 spiro atoms. The summed E-state index contributed by atoms with van der Waals surface area (Å²) in [6.45, 7) is 1.88. The quantitative estimate of drug-likeness (QED) is 0.564. The average Bonchev–Trinajstić information content (AvgIpc) is 2.86. The van der Waals surface area contributed by atoms with Crippen molar-refractivity contribution in [2.75, 3.05) is 0 Å². The van der Waals surface area contributed by atoms with Crippen LogP contribution in [0.4, 0.5) is 0 Å². The van der Waals surface area contributed by atoms with Gasteiger partial charge in [-0.1, -0.05) is 83.7 Å². The highest BCUT2D eigenvalue weighted by molar-refractivity contribution is 8.01. The lowest BCUT2D eigenvalue weighted by molar-refractivity contribution is -0.125. The van der Waals surface area contributed by atoms with E-state index in [4.69, 9.17) is 23.2 Å². The first-order valence-corrected chi connectivity index (χ1v) is 12.5. The second-order valence-corrected chi connectivity index (χ2v) is 12.1. The molecular formula is C21H21Cl2NO3S2. The molecule has 0 radical (unpaired) electrons. The van der Waals surface area contributed by atoms with Crippen LogP contribution in [0.1, 0.15) is 31.2 Å². The molecule has 154 valence electrons. The average molecular weight is 470 g/mol. The molecule has 1 aliphatic heterocycles. The summed E-state index contributed by atoms with van der Waals surface area (Å²) >= 11 is 14.5. The van der Waals surface area contributed by atoms with Crippen molar-refractivity contribution in [1.29, 1.82) is 0 Å². The zero-order valence-corrected chi connectivity index (χ0v) is 19.0. The Hall–Kier alpha value is -1.21. The Morgan fingerprint density at radius 3 is 2.34 bits per heavy atom. The van der Waals surface area contributed by atoms with Crippen LogP contribution in [0.15, 0.2) is 64.4 Å². The van der Waals surface area contributed by atoms with E-state index in [0.717, 1.165) is 27.6 Å². The topological polar surface area (TPSA) is 54.5 Å². The first kappa shape index (κ1) is 21.0. The molecule has 2 fully saturated rings. The van der Waals surface area contributed by atoms with E-state index in [2.05, 4.69) is 0 Å².